The number of halogens is 1. The molecule has 0 saturated carbocycles. The van der Waals surface area contributed by atoms with Gasteiger partial charge in [-0.3, -0.25) is 4.79 Å². The number of amides is 1. The van der Waals surface area contributed by atoms with Crippen molar-refractivity contribution >= 4 is 38.4 Å². The minimum Gasteiger partial charge on any atom is -0.361 e. The Morgan fingerprint density at radius 1 is 1.14 bits per heavy atom. The molecule has 4 heteroatoms. The van der Waals surface area contributed by atoms with Gasteiger partial charge < -0.3 is 10.3 Å². The highest BCUT2D eigenvalue weighted by atomic mass is 79.9. The van der Waals surface area contributed by atoms with Crippen LogP contribution in [0.25, 0.3) is 10.9 Å². The molecule has 3 nitrogen and oxygen atoms in total. The van der Waals surface area contributed by atoms with E-state index in [1.807, 2.05) is 42.6 Å². The highest BCUT2D eigenvalue weighted by molar-refractivity contribution is 9.10. The number of rotatable bonds is 5. The van der Waals surface area contributed by atoms with E-state index in [9.17, 15) is 4.79 Å². The molecule has 1 heterocycles. The lowest BCUT2D eigenvalue weighted by Crippen LogP contribution is -2.11. The van der Waals surface area contributed by atoms with Crippen molar-refractivity contribution in [2.75, 3.05) is 5.32 Å². The van der Waals surface area contributed by atoms with Crippen LogP contribution in [-0.2, 0) is 11.2 Å². The van der Waals surface area contributed by atoms with Crippen LogP contribution in [0.3, 0.4) is 0 Å². The van der Waals surface area contributed by atoms with Gasteiger partial charge in [0.05, 0.1) is 0 Å². The molecule has 0 saturated heterocycles. The molecule has 1 amide bonds. The molecule has 112 valence electrons. The molecule has 2 N–H and O–H groups in total. The highest BCUT2D eigenvalue weighted by Crippen LogP contribution is 2.20. The molecule has 0 aliphatic heterocycles. The first kappa shape index (κ1) is 14.9. The Balaban J connectivity index is 1.53. The van der Waals surface area contributed by atoms with Crippen LogP contribution in [0.15, 0.2) is 59.2 Å². The summed E-state index contributed by atoms with van der Waals surface area (Å²) >= 11 is 3.40. The van der Waals surface area contributed by atoms with Crippen molar-refractivity contribution in [3.05, 3.63) is 64.8 Å². The van der Waals surface area contributed by atoms with E-state index in [1.165, 1.54) is 10.9 Å². The zero-order chi connectivity index (χ0) is 15.4. The van der Waals surface area contributed by atoms with E-state index in [0.717, 1.165) is 28.5 Å². The summed E-state index contributed by atoms with van der Waals surface area (Å²) in [5.41, 5.74) is 3.24. The fourth-order valence-corrected chi connectivity index (χ4v) is 2.97. The number of benzene rings is 2. The van der Waals surface area contributed by atoms with Gasteiger partial charge >= 0.3 is 0 Å². The summed E-state index contributed by atoms with van der Waals surface area (Å²) < 4.78 is 0.962. The van der Waals surface area contributed by atoms with Crippen molar-refractivity contribution in [1.82, 2.24) is 4.98 Å². The second kappa shape index (κ2) is 6.79. The Morgan fingerprint density at radius 2 is 2.00 bits per heavy atom. The fourth-order valence-electron chi connectivity index (χ4n) is 2.57. The molecule has 2 aromatic carbocycles. The third-order valence-electron chi connectivity index (χ3n) is 3.63. The van der Waals surface area contributed by atoms with E-state index >= 15 is 0 Å². The Bertz CT molecular complexity index is 794. The zero-order valence-electron chi connectivity index (χ0n) is 12.1. The predicted octanol–water partition coefficient (Wildman–Crippen LogP) is 4.89. The molecule has 0 fully saturated rings. The number of H-pyrrole nitrogens is 1. The molecule has 0 atom stereocenters. The fraction of sp³-hybridized carbons (Fsp3) is 0.167. The average Bonchev–Trinajstić information content (AvgIpc) is 2.91. The minimum absolute atomic E-state index is 0.0536. The molecule has 0 radical (unpaired) electrons. The predicted molar refractivity (Wildman–Crippen MR) is 94.0 cm³/mol. The van der Waals surface area contributed by atoms with Gasteiger partial charge in [0.15, 0.2) is 0 Å². The van der Waals surface area contributed by atoms with Gasteiger partial charge in [-0.2, -0.15) is 0 Å². The molecule has 0 bridgehead atoms. The van der Waals surface area contributed by atoms with E-state index in [4.69, 9.17) is 0 Å². The van der Waals surface area contributed by atoms with Crippen LogP contribution in [-0.4, -0.2) is 10.9 Å². The Hall–Kier alpha value is -2.07. The third-order valence-corrected chi connectivity index (χ3v) is 4.13. The topological polar surface area (TPSA) is 44.9 Å². The number of aromatic amines is 1. The Kier molecular flexibility index (Phi) is 4.59. The number of anilines is 1. The van der Waals surface area contributed by atoms with Crippen LogP contribution < -0.4 is 5.32 Å². The molecule has 1 aromatic heterocycles. The Labute approximate surface area is 137 Å². The molecule has 0 unspecified atom stereocenters. The highest BCUT2D eigenvalue weighted by Gasteiger charge is 2.06. The molecular weight excluding hydrogens is 340 g/mol. The minimum atomic E-state index is 0.0536. The summed E-state index contributed by atoms with van der Waals surface area (Å²) in [6.45, 7) is 0. The van der Waals surface area contributed by atoms with Crippen LogP contribution in [0.4, 0.5) is 5.69 Å². The smallest absolute Gasteiger partial charge is 0.224 e. The van der Waals surface area contributed by atoms with Gasteiger partial charge in [-0.25, -0.2) is 0 Å². The van der Waals surface area contributed by atoms with Crippen LogP contribution in [0.1, 0.15) is 18.4 Å². The summed E-state index contributed by atoms with van der Waals surface area (Å²) in [6, 6.07) is 15.9. The van der Waals surface area contributed by atoms with Crippen molar-refractivity contribution < 1.29 is 4.79 Å². The maximum atomic E-state index is 12.0. The summed E-state index contributed by atoms with van der Waals surface area (Å²) in [5, 5.41) is 4.17. The number of carbonyl (C=O) groups excluding carboxylic acids is 1. The number of para-hydroxylation sites is 1. The van der Waals surface area contributed by atoms with Gasteiger partial charge in [-0.05, 0) is 42.7 Å². The lowest BCUT2D eigenvalue weighted by molar-refractivity contribution is -0.116. The molecule has 0 spiro atoms. The number of fused-ring (bicyclic) bond motifs is 1. The van der Waals surface area contributed by atoms with Crippen LogP contribution in [0.5, 0.6) is 0 Å². The van der Waals surface area contributed by atoms with Gasteiger partial charge in [0.2, 0.25) is 5.91 Å². The summed E-state index contributed by atoms with van der Waals surface area (Å²) in [7, 11) is 0. The summed E-state index contributed by atoms with van der Waals surface area (Å²) in [6.07, 6.45) is 4.29. The molecule has 0 aliphatic carbocycles. The quantitative estimate of drug-likeness (QED) is 0.671. The Morgan fingerprint density at radius 3 is 2.86 bits per heavy atom. The van der Waals surface area contributed by atoms with E-state index < -0.39 is 0 Å². The molecule has 3 aromatic rings. The lowest BCUT2D eigenvalue weighted by Gasteiger charge is -2.05. The largest absolute Gasteiger partial charge is 0.361 e. The molecule has 0 aliphatic rings. The number of aryl methyl sites for hydroxylation is 1. The summed E-state index contributed by atoms with van der Waals surface area (Å²) in [5.74, 6) is 0.0536. The van der Waals surface area contributed by atoms with Crippen LogP contribution >= 0.6 is 15.9 Å². The van der Waals surface area contributed by atoms with Gasteiger partial charge in [0, 0.05) is 33.7 Å². The second-order valence-electron chi connectivity index (χ2n) is 5.27. The van der Waals surface area contributed by atoms with E-state index in [0.29, 0.717) is 6.42 Å². The average molecular weight is 357 g/mol. The third kappa shape index (κ3) is 3.57. The van der Waals surface area contributed by atoms with E-state index in [2.05, 4.69) is 38.4 Å². The summed E-state index contributed by atoms with van der Waals surface area (Å²) in [4.78, 5) is 15.2. The van der Waals surface area contributed by atoms with Gasteiger partial charge in [0.25, 0.3) is 0 Å². The molecule has 3 rings (SSSR count). The van der Waals surface area contributed by atoms with Crippen LogP contribution in [0.2, 0.25) is 0 Å². The standard InChI is InChI=1S/C18H17BrN2O/c19-14-6-4-7-15(11-14)21-18(22)10-3-5-13-12-20-17-9-2-1-8-16(13)17/h1-2,4,6-9,11-12,20H,3,5,10H2,(H,21,22). The maximum absolute atomic E-state index is 12.0. The number of aromatic nitrogens is 1. The normalized spacial score (nSPS) is 10.8. The lowest BCUT2D eigenvalue weighted by atomic mass is 10.1. The number of nitrogens with one attached hydrogen (secondary N) is 2. The maximum Gasteiger partial charge on any atom is 0.224 e. The van der Waals surface area contributed by atoms with Crippen molar-refractivity contribution in [3.63, 3.8) is 0 Å². The van der Waals surface area contributed by atoms with E-state index in [1.54, 1.807) is 0 Å². The second-order valence-corrected chi connectivity index (χ2v) is 6.19. The van der Waals surface area contributed by atoms with Crippen molar-refractivity contribution in [2.45, 2.75) is 19.3 Å². The van der Waals surface area contributed by atoms with Gasteiger partial charge in [-0.15, -0.1) is 0 Å². The SMILES string of the molecule is O=C(CCCc1c[nH]c2ccccc12)Nc1cccc(Br)c1. The van der Waals surface area contributed by atoms with Crippen molar-refractivity contribution in [1.29, 1.82) is 0 Å². The van der Waals surface area contributed by atoms with Crippen molar-refractivity contribution in [2.24, 2.45) is 0 Å². The number of carbonyl (C=O) groups is 1. The number of hydrogen-bond acceptors (Lipinski definition) is 1. The first-order valence-electron chi connectivity index (χ1n) is 7.33. The molecular formula is C18H17BrN2O. The first-order valence-corrected chi connectivity index (χ1v) is 8.12. The zero-order valence-corrected chi connectivity index (χ0v) is 13.7. The van der Waals surface area contributed by atoms with Crippen LogP contribution in [0, 0.1) is 0 Å². The molecule has 22 heavy (non-hydrogen) atoms. The first-order chi connectivity index (χ1) is 10.7. The van der Waals surface area contributed by atoms with Gasteiger partial charge in [-0.1, -0.05) is 40.2 Å². The van der Waals surface area contributed by atoms with Gasteiger partial charge in [0.1, 0.15) is 0 Å². The number of hydrogen-bond donors (Lipinski definition) is 2. The van der Waals surface area contributed by atoms with Crippen molar-refractivity contribution in [3.8, 4) is 0 Å². The van der Waals surface area contributed by atoms with E-state index in [-0.39, 0.29) is 5.91 Å². The monoisotopic (exact) mass is 356 g/mol.